The number of hydrogen-bond acceptors (Lipinski definition) is 2. The smallest absolute Gasteiger partial charge is 0.0236 e. The summed E-state index contributed by atoms with van der Waals surface area (Å²) in [4.78, 5) is 2.55. The fourth-order valence-electron chi connectivity index (χ4n) is 2.87. The third kappa shape index (κ3) is 3.95. The molecule has 2 atom stereocenters. The van der Waals surface area contributed by atoms with E-state index < -0.39 is 0 Å². The molecular formula is C16H27ClN2. The third-order valence-electron chi connectivity index (χ3n) is 4.40. The standard InChI is InChI=1S/C16H26N2.ClH/c1-11-7-13(3)16(8-12(11)2)10-18-6-5-15(9-18)14(4)17;/h7-8,14-15H,5-6,9-10,17H2,1-4H3;1H. The van der Waals surface area contributed by atoms with Crippen LogP contribution in [0.4, 0.5) is 0 Å². The molecule has 2 nitrogen and oxygen atoms in total. The second kappa shape index (κ2) is 6.74. The van der Waals surface area contributed by atoms with Gasteiger partial charge in [-0.2, -0.15) is 0 Å². The first-order valence-electron chi connectivity index (χ1n) is 7.02. The lowest BCUT2D eigenvalue weighted by molar-refractivity contribution is 0.308. The second-order valence-electron chi connectivity index (χ2n) is 6.01. The van der Waals surface area contributed by atoms with Gasteiger partial charge in [0, 0.05) is 19.1 Å². The molecule has 1 aliphatic heterocycles. The Morgan fingerprint density at radius 2 is 1.84 bits per heavy atom. The minimum absolute atomic E-state index is 0. The highest BCUT2D eigenvalue weighted by Crippen LogP contribution is 2.23. The Kier molecular flexibility index (Phi) is 5.84. The van der Waals surface area contributed by atoms with Crippen molar-refractivity contribution in [3.05, 3.63) is 34.4 Å². The summed E-state index contributed by atoms with van der Waals surface area (Å²) in [6.07, 6.45) is 1.25. The first-order chi connectivity index (χ1) is 8.47. The van der Waals surface area contributed by atoms with Crippen LogP contribution in [0.2, 0.25) is 0 Å². The second-order valence-corrected chi connectivity index (χ2v) is 6.01. The van der Waals surface area contributed by atoms with Gasteiger partial charge in [0.1, 0.15) is 0 Å². The molecule has 0 aromatic heterocycles. The minimum Gasteiger partial charge on any atom is -0.328 e. The summed E-state index contributed by atoms with van der Waals surface area (Å²) in [5.41, 5.74) is 11.7. The molecule has 2 unspecified atom stereocenters. The van der Waals surface area contributed by atoms with Gasteiger partial charge in [-0.15, -0.1) is 12.4 Å². The van der Waals surface area contributed by atoms with Gasteiger partial charge in [-0.3, -0.25) is 4.90 Å². The maximum Gasteiger partial charge on any atom is 0.0236 e. The van der Waals surface area contributed by atoms with Gasteiger partial charge in [-0.1, -0.05) is 12.1 Å². The first-order valence-corrected chi connectivity index (χ1v) is 7.02. The summed E-state index contributed by atoms with van der Waals surface area (Å²) in [5, 5.41) is 0. The Morgan fingerprint density at radius 3 is 2.42 bits per heavy atom. The Labute approximate surface area is 123 Å². The maximum atomic E-state index is 6.00. The zero-order valence-corrected chi connectivity index (χ0v) is 13.4. The zero-order valence-electron chi connectivity index (χ0n) is 12.6. The number of hydrogen-bond donors (Lipinski definition) is 1. The minimum atomic E-state index is 0. The van der Waals surface area contributed by atoms with Gasteiger partial charge in [-0.05, 0) is 68.8 Å². The summed E-state index contributed by atoms with van der Waals surface area (Å²) in [5.74, 6) is 0.678. The van der Waals surface area contributed by atoms with Gasteiger partial charge in [0.05, 0.1) is 0 Å². The lowest BCUT2D eigenvalue weighted by Gasteiger charge is -2.19. The SMILES string of the molecule is Cc1cc(C)c(CN2CCC(C(C)N)C2)cc1C.Cl. The Hall–Kier alpha value is -0.570. The van der Waals surface area contributed by atoms with Crippen molar-refractivity contribution in [1.82, 2.24) is 4.90 Å². The van der Waals surface area contributed by atoms with Gasteiger partial charge in [0.2, 0.25) is 0 Å². The molecule has 1 aliphatic rings. The number of aryl methyl sites for hydroxylation is 3. The average Bonchev–Trinajstić information content (AvgIpc) is 2.74. The number of rotatable bonds is 3. The third-order valence-corrected chi connectivity index (χ3v) is 4.40. The molecule has 1 aromatic rings. The molecule has 0 spiro atoms. The van der Waals surface area contributed by atoms with E-state index >= 15 is 0 Å². The van der Waals surface area contributed by atoms with Gasteiger partial charge >= 0.3 is 0 Å². The Bertz CT molecular complexity index is 429. The van der Waals surface area contributed by atoms with Crippen LogP contribution in [-0.2, 0) is 6.54 Å². The summed E-state index contributed by atoms with van der Waals surface area (Å²) in [7, 11) is 0. The van der Waals surface area contributed by atoms with Gasteiger partial charge < -0.3 is 5.73 Å². The lowest BCUT2D eigenvalue weighted by atomic mass is 10.0. The number of halogens is 1. The van der Waals surface area contributed by atoms with Crippen LogP contribution < -0.4 is 5.73 Å². The van der Waals surface area contributed by atoms with Crippen molar-refractivity contribution in [2.75, 3.05) is 13.1 Å². The average molecular weight is 283 g/mol. The summed E-state index contributed by atoms with van der Waals surface area (Å²) in [6, 6.07) is 4.99. The normalized spacial score (nSPS) is 21.2. The van der Waals surface area contributed by atoms with Crippen molar-refractivity contribution >= 4 is 12.4 Å². The molecule has 2 rings (SSSR count). The van der Waals surface area contributed by atoms with E-state index in [-0.39, 0.29) is 12.4 Å². The fraction of sp³-hybridized carbons (Fsp3) is 0.625. The van der Waals surface area contributed by atoms with Crippen LogP contribution in [0.15, 0.2) is 12.1 Å². The maximum absolute atomic E-state index is 6.00. The molecule has 108 valence electrons. The highest BCUT2D eigenvalue weighted by molar-refractivity contribution is 5.85. The van der Waals surface area contributed by atoms with Crippen LogP contribution in [0, 0.1) is 26.7 Å². The van der Waals surface area contributed by atoms with Crippen molar-refractivity contribution in [3.63, 3.8) is 0 Å². The fourth-order valence-corrected chi connectivity index (χ4v) is 2.87. The molecule has 1 saturated heterocycles. The van der Waals surface area contributed by atoms with Crippen LogP contribution in [-0.4, -0.2) is 24.0 Å². The summed E-state index contributed by atoms with van der Waals surface area (Å²) >= 11 is 0. The van der Waals surface area contributed by atoms with Gasteiger partial charge in [0.15, 0.2) is 0 Å². The van der Waals surface area contributed by atoms with Gasteiger partial charge in [0.25, 0.3) is 0 Å². The molecular weight excluding hydrogens is 256 g/mol. The number of likely N-dealkylation sites (tertiary alicyclic amines) is 1. The van der Waals surface area contributed by atoms with E-state index in [1.165, 1.54) is 35.2 Å². The van der Waals surface area contributed by atoms with Crippen LogP contribution in [0.3, 0.4) is 0 Å². The first kappa shape index (κ1) is 16.5. The van der Waals surface area contributed by atoms with Crippen molar-refractivity contribution in [3.8, 4) is 0 Å². The molecule has 19 heavy (non-hydrogen) atoms. The molecule has 0 aliphatic carbocycles. The summed E-state index contributed by atoms with van der Waals surface area (Å²) in [6.45, 7) is 12.2. The highest BCUT2D eigenvalue weighted by Gasteiger charge is 2.25. The molecule has 3 heteroatoms. The largest absolute Gasteiger partial charge is 0.328 e. The zero-order chi connectivity index (χ0) is 13.3. The van der Waals surface area contributed by atoms with Crippen molar-refractivity contribution in [2.24, 2.45) is 11.7 Å². The predicted octanol–water partition coefficient (Wildman–Crippen LogP) is 3.20. The molecule has 0 saturated carbocycles. The lowest BCUT2D eigenvalue weighted by Crippen LogP contribution is -2.29. The van der Waals surface area contributed by atoms with Crippen LogP contribution in [0.25, 0.3) is 0 Å². The van der Waals surface area contributed by atoms with E-state index in [9.17, 15) is 0 Å². The van der Waals surface area contributed by atoms with Crippen LogP contribution >= 0.6 is 12.4 Å². The molecule has 1 fully saturated rings. The predicted molar refractivity (Wildman–Crippen MR) is 84.9 cm³/mol. The number of nitrogens with two attached hydrogens (primary N) is 1. The number of nitrogens with zero attached hydrogens (tertiary/aromatic N) is 1. The van der Waals surface area contributed by atoms with Crippen LogP contribution in [0.5, 0.6) is 0 Å². The highest BCUT2D eigenvalue weighted by atomic mass is 35.5. The van der Waals surface area contributed by atoms with Crippen LogP contribution in [0.1, 0.15) is 35.6 Å². The Balaban J connectivity index is 0.00000180. The molecule has 0 radical (unpaired) electrons. The number of benzene rings is 1. The van der Waals surface area contributed by atoms with Crippen molar-refractivity contribution < 1.29 is 0 Å². The van der Waals surface area contributed by atoms with E-state index in [1.807, 2.05) is 0 Å². The molecule has 1 heterocycles. The van der Waals surface area contributed by atoms with Crippen molar-refractivity contribution in [1.29, 1.82) is 0 Å². The van der Waals surface area contributed by atoms with E-state index in [1.54, 1.807) is 0 Å². The van der Waals surface area contributed by atoms with E-state index in [2.05, 4.69) is 44.7 Å². The van der Waals surface area contributed by atoms with E-state index in [4.69, 9.17) is 5.73 Å². The quantitative estimate of drug-likeness (QED) is 0.922. The summed E-state index contributed by atoms with van der Waals surface area (Å²) < 4.78 is 0. The topological polar surface area (TPSA) is 29.3 Å². The molecule has 0 amide bonds. The van der Waals surface area contributed by atoms with Crippen molar-refractivity contribution in [2.45, 2.75) is 46.7 Å². The molecule has 1 aromatic carbocycles. The van der Waals surface area contributed by atoms with E-state index in [0.717, 1.165) is 13.1 Å². The molecule has 2 N–H and O–H groups in total. The van der Waals surface area contributed by atoms with E-state index in [0.29, 0.717) is 12.0 Å². The van der Waals surface area contributed by atoms with Gasteiger partial charge in [-0.25, -0.2) is 0 Å². The monoisotopic (exact) mass is 282 g/mol. The molecule has 0 bridgehead atoms. The Morgan fingerprint density at radius 1 is 1.21 bits per heavy atom.